The monoisotopic (exact) mass is 382 g/mol. The van der Waals surface area contributed by atoms with Crippen LogP contribution in [0.2, 0.25) is 0 Å². The van der Waals surface area contributed by atoms with Crippen molar-refractivity contribution in [3.8, 4) is 0 Å². The van der Waals surface area contributed by atoms with Gasteiger partial charge in [-0.2, -0.15) is 0 Å². The van der Waals surface area contributed by atoms with Crippen molar-refractivity contribution in [3.05, 3.63) is 71.8 Å². The number of hydrogen-bond donors (Lipinski definition) is 4. The predicted molar refractivity (Wildman–Crippen MR) is 109 cm³/mol. The van der Waals surface area contributed by atoms with E-state index in [0.29, 0.717) is 18.4 Å². The summed E-state index contributed by atoms with van der Waals surface area (Å²) in [7, 11) is -1.67. The van der Waals surface area contributed by atoms with Gasteiger partial charge in [0.2, 0.25) is 5.91 Å². The molecular weight excluding hydrogens is 355 g/mol. The predicted octanol–water partition coefficient (Wildman–Crippen LogP) is 1.57. The molecule has 148 valence electrons. The van der Waals surface area contributed by atoms with Gasteiger partial charge in [-0.1, -0.05) is 62.4 Å². The van der Waals surface area contributed by atoms with Crippen LogP contribution in [0.4, 0.5) is 0 Å². The summed E-state index contributed by atoms with van der Waals surface area (Å²) < 4.78 is 0. The molecule has 2 aromatic rings. The molecule has 2 rings (SSSR count). The molecule has 0 fully saturated rings. The van der Waals surface area contributed by atoms with Gasteiger partial charge in [0.15, 0.2) is 0 Å². The van der Waals surface area contributed by atoms with Crippen LogP contribution in [0.15, 0.2) is 60.7 Å². The Kier molecular flexibility index (Phi) is 8.23. The Morgan fingerprint density at radius 2 is 1.50 bits per heavy atom. The smallest absolute Gasteiger partial charge is 0.426 e. The first-order valence-electron chi connectivity index (χ1n) is 9.43. The van der Waals surface area contributed by atoms with Crippen molar-refractivity contribution in [2.24, 2.45) is 5.92 Å². The quantitative estimate of drug-likeness (QED) is 0.495. The van der Waals surface area contributed by atoms with E-state index in [0.717, 1.165) is 5.56 Å². The van der Waals surface area contributed by atoms with Gasteiger partial charge in [-0.05, 0) is 30.0 Å². The third kappa shape index (κ3) is 6.83. The minimum absolute atomic E-state index is 0.165. The van der Waals surface area contributed by atoms with Crippen molar-refractivity contribution in [2.45, 2.75) is 38.7 Å². The van der Waals surface area contributed by atoms with Crippen molar-refractivity contribution in [1.29, 1.82) is 0 Å². The van der Waals surface area contributed by atoms with Crippen LogP contribution in [0.5, 0.6) is 0 Å². The van der Waals surface area contributed by atoms with E-state index < -0.39 is 25.0 Å². The molecule has 0 radical (unpaired) electrons. The van der Waals surface area contributed by atoms with E-state index in [2.05, 4.69) is 10.6 Å². The van der Waals surface area contributed by atoms with Gasteiger partial charge in [-0.25, -0.2) is 0 Å². The maximum absolute atomic E-state index is 12.9. The van der Waals surface area contributed by atoms with Crippen molar-refractivity contribution in [3.63, 3.8) is 0 Å². The fraction of sp³-hybridized carbons (Fsp3) is 0.333. The van der Waals surface area contributed by atoms with Crippen LogP contribution in [0, 0.1) is 5.92 Å². The first-order chi connectivity index (χ1) is 13.4. The molecule has 0 aliphatic rings. The fourth-order valence-electron chi connectivity index (χ4n) is 2.94. The maximum atomic E-state index is 12.9. The van der Waals surface area contributed by atoms with E-state index in [4.69, 9.17) is 0 Å². The number of nitrogens with one attached hydrogen (secondary N) is 2. The van der Waals surface area contributed by atoms with E-state index in [1.807, 2.05) is 50.2 Å². The minimum atomic E-state index is -1.67. The van der Waals surface area contributed by atoms with Crippen molar-refractivity contribution in [2.75, 3.05) is 0 Å². The van der Waals surface area contributed by atoms with E-state index >= 15 is 0 Å². The lowest BCUT2D eigenvalue weighted by atomic mass is 9.75. The van der Waals surface area contributed by atoms with Crippen LogP contribution < -0.4 is 10.6 Å². The molecule has 0 bridgehead atoms. The molecule has 2 atom stereocenters. The highest BCUT2D eigenvalue weighted by Gasteiger charge is 2.30. The molecule has 6 nitrogen and oxygen atoms in total. The molecule has 4 N–H and O–H groups in total. The molecule has 0 heterocycles. The van der Waals surface area contributed by atoms with Gasteiger partial charge < -0.3 is 20.7 Å². The third-order valence-corrected chi connectivity index (χ3v) is 4.35. The number of amides is 2. The number of hydrogen-bond acceptors (Lipinski definition) is 4. The van der Waals surface area contributed by atoms with Crippen LogP contribution in [-0.4, -0.2) is 41.0 Å². The summed E-state index contributed by atoms with van der Waals surface area (Å²) in [5.41, 5.74) is 1.34. The Balaban J connectivity index is 2.16. The zero-order valence-corrected chi connectivity index (χ0v) is 16.2. The molecule has 0 aromatic heterocycles. The molecule has 7 heteroatoms. The second kappa shape index (κ2) is 10.6. The molecule has 0 spiro atoms. The average Bonchev–Trinajstić information content (AvgIpc) is 2.68. The van der Waals surface area contributed by atoms with E-state index in [9.17, 15) is 19.6 Å². The lowest BCUT2D eigenvalue weighted by Gasteiger charge is -2.24. The summed E-state index contributed by atoms with van der Waals surface area (Å²) in [5, 5.41) is 24.6. The summed E-state index contributed by atoms with van der Waals surface area (Å²) in [6.45, 7) is 3.86. The summed E-state index contributed by atoms with van der Waals surface area (Å²) in [4.78, 5) is 25.4. The van der Waals surface area contributed by atoms with Gasteiger partial charge >= 0.3 is 7.12 Å². The SMILES string of the molecule is CC(C)CC(NC(=O)[C@@H](Cc1ccccc1)NC(=O)c1ccccc1)B(O)O. The number of benzene rings is 2. The minimum Gasteiger partial charge on any atom is -0.426 e. The molecule has 28 heavy (non-hydrogen) atoms. The van der Waals surface area contributed by atoms with Crippen LogP contribution in [0.3, 0.4) is 0 Å². The van der Waals surface area contributed by atoms with Crippen molar-refractivity contribution >= 4 is 18.9 Å². The summed E-state index contributed by atoms with van der Waals surface area (Å²) in [6, 6.07) is 17.2. The maximum Gasteiger partial charge on any atom is 0.475 e. The molecular formula is C21H27BN2O4. The van der Waals surface area contributed by atoms with E-state index in [1.165, 1.54) is 0 Å². The highest BCUT2D eigenvalue weighted by molar-refractivity contribution is 6.43. The summed E-state index contributed by atoms with van der Waals surface area (Å²) in [6.07, 6.45) is 0.704. The second-order valence-electron chi connectivity index (χ2n) is 7.24. The third-order valence-electron chi connectivity index (χ3n) is 4.35. The second-order valence-corrected chi connectivity index (χ2v) is 7.24. The van der Waals surface area contributed by atoms with Gasteiger partial charge in [-0.3, -0.25) is 9.59 Å². The standard InChI is InChI=1S/C21H27BN2O4/c1-15(2)13-19(22(27)28)24-21(26)18(14-16-9-5-3-6-10-16)23-20(25)17-11-7-4-8-12-17/h3-12,15,18-19,27-28H,13-14H2,1-2H3,(H,23,25)(H,24,26)/t18-,19?/m1/s1. The van der Waals surface area contributed by atoms with Gasteiger partial charge in [0.05, 0.1) is 5.94 Å². The Hall–Kier alpha value is -2.64. The molecule has 2 amide bonds. The van der Waals surface area contributed by atoms with Crippen LogP contribution in [0.1, 0.15) is 36.2 Å². The molecule has 0 saturated heterocycles. The van der Waals surface area contributed by atoms with Crippen LogP contribution in [0.25, 0.3) is 0 Å². The largest absolute Gasteiger partial charge is 0.475 e. The number of carbonyl (C=O) groups is 2. The summed E-state index contributed by atoms with van der Waals surface area (Å²) >= 11 is 0. The average molecular weight is 382 g/mol. The van der Waals surface area contributed by atoms with E-state index in [1.54, 1.807) is 24.3 Å². The highest BCUT2D eigenvalue weighted by atomic mass is 16.4. The summed E-state index contributed by atoms with van der Waals surface area (Å²) in [5.74, 6) is -1.45. The number of rotatable bonds is 9. The Labute approximate surface area is 166 Å². The van der Waals surface area contributed by atoms with Crippen LogP contribution in [-0.2, 0) is 11.2 Å². The van der Waals surface area contributed by atoms with Gasteiger partial charge in [-0.15, -0.1) is 0 Å². The topological polar surface area (TPSA) is 98.7 Å². The Morgan fingerprint density at radius 3 is 2.04 bits per heavy atom. The first-order valence-corrected chi connectivity index (χ1v) is 9.43. The van der Waals surface area contributed by atoms with Crippen LogP contribution >= 0.6 is 0 Å². The lowest BCUT2D eigenvalue weighted by Crippen LogP contribution is -2.55. The zero-order chi connectivity index (χ0) is 20.5. The van der Waals surface area contributed by atoms with Crippen molar-refractivity contribution < 1.29 is 19.6 Å². The molecule has 0 saturated carbocycles. The molecule has 1 unspecified atom stereocenters. The van der Waals surface area contributed by atoms with Gasteiger partial charge in [0.25, 0.3) is 5.91 Å². The van der Waals surface area contributed by atoms with Gasteiger partial charge in [0.1, 0.15) is 6.04 Å². The highest BCUT2D eigenvalue weighted by Crippen LogP contribution is 2.09. The number of carbonyl (C=O) groups excluding carboxylic acids is 2. The van der Waals surface area contributed by atoms with E-state index in [-0.39, 0.29) is 11.8 Å². The van der Waals surface area contributed by atoms with Gasteiger partial charge in [0, 0.05) is 12.0 Å². The molecule has 0 aliphatic carbocycles. The molecule has 2 aromatic carbocycles. The normalized spacial score (nSPS) is 12.9. The zero-order valence-electron chi connectivity index (χ0n) is 16.2. The first kappa shape index (κ1) is 21.7. The van der Waals surface area contributed by atoms with Crippen molar-refractivity contribution in [1.82, 2.24) is 10.6 Å². The Bertz CT molecular complexity index is 754. The fourth-order valence-corrected chi connectivity index (χ4v) is 2.94. The Morgan fingerprint density at radius 1 is 0.929 bits per heavy atom. The lowest BCUT2D eigenvalue weighted by molar-refractivity contribution is -0.123. The molecule has 0 aliphatic heterocycles.